The summed E-state index contributed by atoms with van der Waals surface area (Å²) in [6.45, 7) is 2.11. The minimum atomic E-state index is -0.0700. The summed E-state index contributed by atoms with van der Waals surface area (Å²) in [7, 11) is 0. The molecular formula is C12H21N3OS. The van der Waals surface area contributed by atoms with E-state index in [0.29, 0.717) is 11.7 Å². The summed E-state index contributed by atoms with van der Waals surface area (Å²) in [5, 5.41) is 3.98. The van der Waals surface area contributed by atoms with Gasteiger partial charge in [-0.25, -0.2) is 0 Å². The summed E-state index contributed by atoms with van der Waals surface area (Å²) in [5.74, 6) is 4.68. The normalized spacial score (nSPS) is 19.4. The lowest BCUT2D eigenvalue weighted by molar-refractivity contribution is 0.339. The first-order valence-corrected chi connectivity index (χ1v) is 7.61. The van der Waals surface area contributed by atoms with Gasteiger partial charge in [-0.05, 0) is 36.7 Å². The van der Waals surface area contributed by atoms with Gasteiger partial charge in [-0.2, -0.15) is 16.7 Å². The maximum absolute atomic E-state index is 5.96. The Morgan fingerprint density at radius 2 is 2.24 bits per heavy atom. The monoisotopic (exact) mass is 255 g/mol. The highest BCUT2D eigenvalue weighted by Gasteiger charge is 2.19. The molecule has 0 bridgehead atoms. The zero-order chi connectivity index (χ0) is 12.1. The zero-order valence-electron chi connectivity index (χ0n) is 10.4. The highest BCUT2D eigenvalue weighted by atomic mass is 32.2. The second-order valence-corrected chi connectivity index (χ2v) is 5.93. The van der Waals surface area contributed by atoms with Crippen LogP contribution in [0.15, 0.2) is 4.52 Å². The van der Waals surface area contributed by atoms with Crippen molar-refractivity contribution in [2.24, 2.45) is 11.7 Å². The van der Waals surface area contributed by atoms with E-state index in [9.17, 15) is 0 Å². The van der Waals surface area contributed by atoms with Gasteiger partial charge >= 0.3 is 0 Å². The number of hydrogen-bond acceptors (Lipinski definition) is 5. The highest BCUT2D eigenvalue weighted by Crippen LogP contribution is 2.25. The van der Waals surface area contributed by atoms with Crippen molar-refractivity contribution in [1.82, 2.24) is 10.1 Å². The molecule has 2 rings (SSSR count). The van der Waals surface area contributed by atoms with E-state index in [-0.39, 0.29) is 6.04 Å². The van der Waals surface area contributed by atoms with Gasteiger partial charge in [0.25, 0.3) is 0 Å². The van der Waals surface area contributed by atoms with Crippen molar-refractivity contribution in [2.75, 3.05) is 11.5 Å². The van der Waals surface area contributed by atoms with Crippen molar-refractivity contribution in [1.29, 1.82) is 0 Å². The molecule has 4 nitrogen and oxygen atoms in total. The molecule has 0 spiro atoms. The van der Waals surface area contributed by atoms with Crippen molar-refractivity contribution in [2.45, 2.75) is 45.1 Å². The van der Waals surface area contributed by atoms with Crippen molar-refractivity contribution in [3.05, 3.63) is 11.7 Å². The minimum Gasteiger partial charge on any atom is -0.339 e. The van der Waals surface area contributed by atoms with E-state index in [4.69, 9.17) is 10.3 Å². The minimum absolute atomic E-state index is 0.0700. The number of aromatic nitrogens is 2. The lowest BCUT2D eigenvalue weighted by Crippen LogP contribution is -2.13. The van der Waals surface area contributed by atoms with Crippen LogP contribution in [-0.2, 0) is 6.42 Å². The van der Waals surface area contributed by atoms with E-state index in [1.54, 1.807) is 0 Å². The summed E-state index contributed by atoms with van der Waals surface area (Å²) in [5.41, 5.74) is 5.96. The summed E-state index contributed by atoms with van der Waals surface area (Å²) in [4.78, 5) is 4.41. The molecule has 2 N–H and O–H groups in total. The Morgan fingerprint density at radius 1 is 1.47 bits per heavy atom. The van der Waals surface area contributed by atoms with Crippen LogP contribution in [0.4, 0.5) is 0 Å². The Morgan fingerprint density at radius 3 is 2.94 bits per heavy atom. The molecule has 0 amide bonds. The summed E-state index contributed by atoms with van der Waals surface area (Å²) < 4.78 is 5.29. The molecule has 1 aliphatic rings. The Labute approximate surface area is 107 Å². The number of nitrogens with two attached hydrogens (primary N) is 1. The smallest absolute Gasteiger partial charge is 0.226 e. The van der Waals surface area contributed by atoms with Crippen LogP contribution in [-0.4, -0.2) is 21.6 Å². The topological polar surface area (TPSA) is 64.9 Å². The fourth-order valence-electron chi connectivity index (χ4n) is 2.14. The zero-order valence-corrected chi connectivity index (χ0v) is 11.2. The van der Waals surface area contributed by atoms with Gasteiger partial charge < -0.3 is 10.3 Å². The molecule has 0 aromatic carbocycles. The van der Waals surface area contributed by atoms with Crippen molar-refractivity contribution < 1.29 is 4.52 Å². The molecule has 1 aromatic rings. The third kappa shape index (κ3) is 3.71. The third-order valence-electron chi connectivity index (χ3n) is 3.22. The van der Waals surface area contributed by atoms with Crippen molar-refractivity contribution >= 4 is 11.8 Å². The summed E-state index contributed by atoms with van der Waals surface area (Å²) in [6.07, 6.45) is 5.42. The van der Waals surface area contributed by atoms with Crippen LogP contribution in [0.1, 0.15) is 50.4 Å². The Kier molecular flexibility index (Phi) is 4.86. The molecule has 1 aromatic heterocycles. The van der Waals surface area contributed by atoms with Crippen LogP contribution in [0.2, 0.25) is 0 Å². The van der Waals surface area contributed by atoms with Crippen LogP contribution >= 0.6 is 11.8 Å². The average molecular weight is 255 g/mol. The third-order valence-corrected chi connectivity index (χ3v) is 4.27. The van der Waals surface area contributed by atoms with Gasteiger partial charge in [0, 0.05) is 6.42 Å². The molecular weight excluding hydrogens is 234 g/mol. The van der Waals surface area contributed by atoms with E-state index < -0.39 is 0 Å². The fraction of sp³-hybridized carbons (Fsp3) is 0.833. The fourth-order valence-corrected chi connectivity index (χ4v) is 3.34. The van der Waals surface area contributed by atoms with E-state index >= 15 is 0 Å². The highest BCUT2D eigenvalue weighted by molar-refractivity contribution is 7.99. The van der Waals surface area contributed by atoms with Crippen LogP contribution in [0.25, 0.3) is 0 Å². The van der Waals surface area contributed by atoms with Gasteiger partial charge in [0.15, 0.2) is 5.82 Å². The molecule has 96 valence electrons. The van der Waals surface area contributed by atoms with Gasteiger partial charge in [0.2, 0.25) is 5.89 Å². The molecule has 0 saturated carbocycles. The lowest BCUT2D eigenvalue weighted by Gasteiger charge is -2.19. The molecule has 1 fully saturated rings. The van der Waals surface area contributed by atoms with Crippen LogP contribution < -0.4 is 5.73 Å². The maximum Gasteiger partial charge on any atom is 0.226 e. The first-order valence-electron chi connectivity index (χ1n) is 6.45. The van der Waals surface area contributed by atoms with Gasteiger partial charge in [-0.1, -0.05) is 18.5 Å². The Balaban J connectivity index is 1.88. The molecule has 17 heavy (non-hydrogen) atoms. The molecule has 1 saturated heterocycles. The van der Waals surface area contributed by atoms with Gasteiger partial charge in [-0.3, -0.25) is 0 Å². The van der Waals surface area contributed by atoms with Gasteiger partial charge in [0.1, 0.15) is 0 Å². The van der Waals surface area contributed by atoms with E-state index in [1.165, 1.54) is 24.3 Å². The first kappa shape index (κ1) is 12.9. The van der Waals surface area contributed by atoms with E-state index in [0.717, 1.165) is 25.2 Å². The van der Waals surface area contributed by atoms with Crippen LogP contribution in [0.5, 0.6) is 0 Å². The molecule has 0 radical (unpaired) electrons. The number of thioether (sulfide) groups is 1. The number of nitrogens with zero attached hydrogens (tertiary/aromatic N) is 2. The van der Waals surface area contributed by atoms with Crippen LogP contribution in [0.3, 0.4) is 0 Å². The Bertz CT molecular complexity index is 336. The quantitative estimate of drug-likeness (QED) is 0.876. The largest absolute Gasteiger partial charge is 0.339 e. The predicted octanol–water partition coefficient (Wildman–Crippen LogP) is 2.56. The average Bonchev–Trinajstić information content (AvgIpc) is 2.79. The van der Waals surface area contributed by atoms with Gasteiger partial charge in [-0.15, -0.1) is 0 Å². The maximum atomic E-state index is 5.96. The molecule has 5 heteroatoms. The lowest BCUT2D eigenvalue weighted by atomic mass is 9.99. The molecule has 1 atom stereocenters. The second kappa shape index (κ2) is 6.40. The van der Waals surface area contributed by atoms with Crippen molar-refractivity contribution in [3.63, 3.8) is 0 Å². The van der Waals surface area contributed by atoms with Gasteiger partial charge in [0.05, 0.1) is 6.04 Å². The molecule has 2 heterocycles. The second-order valence-electron chi connectivity index (χ2n) is 4.70. The van der Waals surface area contributed by atoms with Crippen LogP contribution in [0, 0.1) is 5.92 Å². The van der Waals surface area contributed by atoms with E-state index in [1.807, 2.05) is 11.8 Å². The predicted molar refractivity (Wildman–Crippen MR) is 69.9 cm³/mol. The SMILES string of the molecule is CCCC(N)c1noc(CC2CCSCC2)n1. The molecule has 0 aliphatic carbocycles. The first-order chi connectivity index (χ1) is 8.29. The molecule has 1 aliphatic heterocycles. The van der Waals surface area contributed by atoms with E-state index in [2.05, 4.69) is 17.1 Å². The van der Waals surface area contributed by atoms with Crippen molar-refractivity contribution in [3.8, 4) is 0 Å². The summed E-state index contributed by atoms with van der Waals surface area (Å²) >= 11 is 2.04. The number of rotatable bonds is 5. The number of hydrogen-bond donors (Lipinski definition) is 1. The summed E-state index contributed by atoms with van der Waals surface area (Å²) in [6, 6.07) is -0.0700. The molecule has 1 unspecified atom stereocenters. The standard InChI is InChI=1S/C12H21N3OS/c1-2-3-10(13)12-14-11(16-15-12)8-9-4-6-17-7-5-9/h9-10H,2-8,13H2,1H3. The Hall–Kier alpha value is -0.550.